The molecule has 1 aromatic carbocycles. The lowest BCUT2D eigenvalue weighted by molar-refractivity contribution is -0.143. The van der Waals surface area contributed by atoms with Crippen LogP contribution in [0, 0.1) is 12.8 Å². The Kier molecular flexibility index (Phi) is 2.62. The van der Waals surface area contributed by atoms with E-state index in [0.29, 0.717) is 0 Å². The van der Waals surface area contributed by atoms with E-state index >= 15 is 0 Å². The Morgan fingerprint density at radius 2 is 2.17 bits per heavy atom. The summed E-state index contributed by atoms with van der Waals surface area (Å²) in [5, 5.41) is 1.22. The van der Waals surface area contributed by atoms with Crippen LogP contribution in [-0.2, 0) is 16.0 Å². The fourth-order valence-corrected chi connectivity index (χ4v) is 2.85. The molecule has 0 saturated carbocycles. The minimum absolute atomic E-state index is 0.0120. The molecule has 2 heterocycles. The summed E-state index contributed by atoms with van der Waals surface area (Å²) in [5.41, 5.74) is 3.55. The van der Waals surface area contributed by atoms with Crippen LogP contribution in [0.5, 0.6) is 0 Å². The van der Waals surface area contributed by atoms with Crippen LogP contribution in [-0.4, -0.2) is 17.1 Å². The molecule has 2 aromatic rings. The number of rotatable bonds is 2. The molecular weight excluding hydrogens is 226 g/mol. The van der Waals surface area contributed by atoms with Crippen LogP contribution in [0.15, 0.2) is 24.3 Å². The van der Waals surface area contributed by atoms with E-state index in [0.717, 1.165) is 24.1 Å². The Hall–Kier alpha value is -1.77. The lowest BCUT2D eigenvalue weighted by Crippen LogP contribution is -2.11. The van der Waals surface area contributed by atoms with Crippen LogP contribution >= 0.6 is 0 Å². The number of benzene rings is 1. The number of cyclic esters (lactones) is 1. The monoisotopic (exact) mass is 243 g/mol. The first-order valence-corrected chi connectivity index (χ1v) is 6.42. The first-order valence-electron chi connectivity index (χ1n) is 6.42. The number of nitrogens with one attached hydrogen (secondary N) is 1. The average molecular weight is 243 g/mol. The van der Waals surface area contributed by atoms with Crippen LogP contribution in [0.25, 0.3) is 10.9 Å². The van der Waals surface area contributed by atoms with Crippen molar-refractivity contribution < 1.29 is 9.53 Å². The summed E-state index contributed by atoms with van der Waals surface area (Å²) in [5.74, 6) is -0.0370. The molecule has 0 bridgehead atoms. The largest absolute Gasteiger partial charge is 0.462 e. The molecule has 18 heavy (non-hydrogen) atoms. The van der Waals surface area contributed by atoms with Crippen molar-refractivity contribution in [1.29, 1.82) is 0 Å². The van der Waals surface area contributed by atoms with Crippen molar-refractivity contribution in [3.63, 3.8) is 0 Å². The molecule has 1 aliphatic rings. The number of aromatic nitrogens is 1. The minimum Gasteiger partial charge on any atom is -0.462 e. The van der Waals surface area contributed by atoms with Gasteiger partial charge in [0.1, 0.15) is 0 Å². The molecule has 1 N–H and O–H groups in total. The lowest BCUT2D eigenvalue weighted by Gasteiger charge is -2.05. The van der Waals surface area contributed by atoms with Gasteiger partial charge in [0, 0.05) is 16.6 Å². The van der Waals surface area contributed by atoms with Crippen molar-refractivity contribution in [2.45, 2.75) is 32.8 Å². The van der Waals surface area contributed by atoms with Crippen molar-refractivity contribution >= 4 is 16.9 Å². The second-order valence-corrected chi connectivity index (χ2v) is 5.16. The van der Waals surface area contributed by atoms with E-state index in [1.165, 1.54) is 10.9 Å². The van der Waals surface area contributed by atoms with Gasteiger partial charge in [-0.25, -0.2) is 0 Å². The molecule has 1 saturated heterocycles. The molecule has 1 aromatic heterocycles. The van der Waals surface area contributed by atoms with Gasteiger partial charge in [-0.3, -0.25) is 4.79 Å². The first kappa shape index (κ1) is 11.3. The predicted molar refractivity (Wildman–Crippen MR) is 70.4 cm³/mol. The summed E-state index contributed by atoms with van der Waals surface area (Å²) >= 11 is 0. The number of H-pyrrole nitrogens is 1. The van der Waals surface area contributed by atoms with E-state index in [9.17, 15) is 4.79 Å². The fourth-order valence-electron chi connectivity index (χ4n) is 2.85. The summed E-state index contributed by atoms with van der Waals surface area (Å²) < 4.78 is 5.23. The van der Waals surface area contributed by atoms with Crippen molar-refractivity contribution in [3.8, 4) is 0 Å². The molecule has 0 radical (unpaired) electrons. The number of ether oxygens (including phenoxy) is 1. The minimum atomic E-state index is -0.0489. The number of aromatic amines is 1. The van der Waals surface area contributed by atoms with Crippen LogP contribution in [0.1, 0.15) is 24.6 Å². The maximum atomic E-state index is 11.7. The lowest BCUT2D eigenvalue weighted by atomic mass is 9.95. The molecule has 2 atom stereocenters. The molecule has 94 valence electrons. The molecule has 1 fully saturated rings. The van der Waals surface area contributed by atoms with E-state index in [1.54, 1.807) is 0 Å². The highest BCUT2D eigenvalue weighted by atomic mass is 16.5. The molecule has 0 spiro atoms. The number of carbonyl (C=O) groups is 1. The summed E-state index contributed by atoms with van der Waals surface area (Å²) in [6.45, 7) is 4.03. The number of para-hydroxylation sites is 1. The Bertz CT molecular complexity index is 600. The normalized spacial score (nSPS) is 23.6. The zero-order valence-corrected chi connectivity index (χ0v) is 10.7. The topological polar surface area (TPSA) is 42.1 Å². The van der Waals surface area contributed by atoms with E-state index in [1.807, 2.05) is 19.1 Å². The standard InChI is InChI=1S/C15H17NO2/c1-9-7-11(15(17)18-9)8-13-10(2)16-14-6-4-3-5-12(13)14/h3-6,9,11,16H,7-8H2,1-2H3/t9-,11+/m1/s1. The van der Waals surface area contributed by atoms with Gasteiger partial charge >= 0.3 is 5.97 Å². The van der Waals surface area contributed by atoms with Gasteiger partial charge < -0.3 is 9.72 Å². The maximum absolute atomic E-state index is 11.7. The van der Waals surface area contributed by atoms with E-state index < -0.39 is 0 Å². The van der Waals surface area contributed by atoms with Gasteiger partial charge in [-0.15, -0.1) is 0 Å². The Morgan fingerprint density at radius 1 is 1.39 bits per heavy atom. The molecule has 3 heteroatoms. The van der Waals surface area contributed by atoms with E-state index in [4.69, 9.17) is 4.74 Å². The SMILES string of the molecule is Cc1[nH]c2ccccc2c1C[C@@H]1C[C@@H](C)OC1=O. The third-order valence-electron chi connectivity index (χ3n) is 3.74. The van der Waals surface area contributed by atoms with Crippen LogP contribution in [0.4, 0.5) is 0 Å². The van der Waals surface area contributed by atoms with Crippen LogP contribution < -0.4 is 0 Å². The maximum Gasteiger partial charge on any atom is 0.309 e. The van der Waals surface area contributed by atoms with Gasteiger partial charge in [0.25, 0.3) is 0 Å². The fraction of sp³-hybridized carbons (Fsp3) is 0.400. The summed E-state index contributed by atoms with van der Waals surface area (Å²) in [4.78, 5) is 15.1. The number of fused-ring (bicyclic) bond motifs is 1. The number of aryl methyl sites for hydroxylation is 1. The quantitative estimate of drug-likeness (QED) is 0.824. The summed E-state index contributed by atoms with van der Waals surface area (Å²) in [6.07, 6.45) is 1.67. The van der Waals surface area contributed by atoms with Gasteiger partial charge in [0.15, 0.2) is 0 Å². The van der Waals surface area contributed by atoms with Crippen LogP contribution in [0.2, 0.25) is 0 Å². The van der Waals surface area contributed by atoms with Gasteiger partial charge in [-0.05, 0) is 38.3 Å². The van der Waals surface area contributed by atoms with Gasteiger partial charge in [0.05, 0.1) is 12.0 Å². The first-order chi connectivity index (χ1) is 8.65. The van der Waals surface area contributed by atoms with Crippen LogP contribution in [0.3, 0.4) is 0 Å². The highest BCUT2D eigenvalue weighted by Crippen LogP contribution is 2.29. The molecule has 0 amide bonds. The van der Waals surface area contributed by atoms with Crippen molar-refractivity contribution in [1.82, 2.24) is 4.98 Å². The number of hydrogen-bond donors (Lipinski definition) is 1. The second kappa shape index (κ2) is 4.16. The van der Waals surface area contributed by atoms with Crippen molar-refractivity contribution in [3.05, 3.63) is 35.5 Å². The summed E-state index contributed by atoms with van der Waals surface area (Å²) in [6, 6.07) is 8.24. The third kappa shape index (κ3) is 1.80. The zero-order chi connectivity index (χ0) is 12.7. The average Bonchev–Trinajstić information content (AvgIpc) is 2.81. The Balaban J connectivity index is 1.95. The van der Waals surface area contributed by atoms with E-state index in [2.05, 4.69) is 24.0 Å². The van der Waals surface area contributed by atoms with E-state index in [-0.39, 0.29) is 18.0 Å². The third-order valence-corrected chi connectivity index (χ3v) is 3.74. The van der Waals surface area contributed by atoms with Gasteiger partial charge in [0.2, 0.25) is 0 Å². The zero-order valence-electron chi connectivity index (χ0n) is 10.7. The molecule has 3 nitrogen and oxygen atoms in total. The summed E-state index contributed by atoms with van der Waals surface area (Å²) in [7, 11) is 0. The Labute approximate surface area is 106 Å². The van der Waals surface area contributed by atoms with Crippen molar-refractivity contribution in [2.24, 2.45) is 5.92 Å². The smallest absolute Gasteiger partial charge is 0.309 e. The Morgan fingerprint density at radius 3 is 2.89 bits per heavy atom. The second-order valence-electron chi connectivity index (χ2n) is 5.16. The molecule has 1 aliphatic heterocycles. The number of hydrogen-bond acceptors (Lipinski definition) is 2. The van der Waals surface area contributed by atoms with Gasteiger partial charge in [-0.2, -0.15) is 0 Å². The molecule has 0 unspecified atom stereocenters. The predicted octanol–water partition coefficient (Wildman–Crippen LogP) is 2.97. The highest BCUT2D eigenvalue weighted by Gasteiger charge is 2.32. The van der Waals surface area contributed by atoms with Crippen molar-refractivity contribution in [2.75, 3.05) is 0 Å². The molecule has 0 aliphatic carbocycles. The van der Waals surface area contributed by atoms with Gasteiger partial charge in [-0.1, -0.05) is 18.2 Å². The molecular formula is C15H17NO2. The molecule has 3 rings (SSSR count). The number of esters is 1. The number of carbonyl (C=O) groups excluding carboxylic acids is 1. The highest BCUT2D eigenvalue weighted by molar-refractivity contribution is 5.85.